The summed E-state index contributed by atoms with van der Waals surface area (Å²) in [5.41, 5.74) is 5.90. The zero-order chi connectivity index (χ0) is 15.4. The second-order valence-corrected chi connectivity index (χ2v) is 4.17. The van der Waals surface area contributed by atoms with E-state index in [-0.39, 0.29) is 16.9 Å². The Hall–Kier alpha value is -3.09. The lowest BCUT2D eigenvalue weighted by Gasteiger charge is -2.11. The molecule has 1 aromatic heterocycles. The minimum atomic E-state index is -0.618. The van der Waals surface area contributed by atoms with Crippen LogP contribution in [0.4, 0.5) is 5.69 Å². The highest BCUT2D eigenvalue weighted by Gasteiger charge is 2.13. The van der Waals surface area contributed by atoms with Crippen LogP contribution in [0.5, 0.6) is 11.5 Å². The first kappa shape index (κ1) is 14.3. The van der Waals surface area contributed by atoms with Crippen molar-refractivity contribution in [3.05, 3.63) is 47.8 Å². The van der Waals surface area contributed by atoms with Crippen molar-refractivity contribution in [1.82, 2.24) is 4.98 Å². The molecule has 0 saturated carbocycles. The van der Waals surface area contributed by atoms with Gasteiger partial charge in [-0.25, -0.2) is 0 Å². The van der Waals surface area contributed by atoms with Crippen LogP contribution in [0.15, 0.2) is 36.7 Å². The third kappa shape index (κ3) is 3.27. The fourth-order valence-electron chi connectivity index (χ4n) is 1.71. The molecule has 0 unspecified atom stereocenters. The molecule has 1 aromatic carbocycles. The molecule has 21 heavy (non-hydrogen) atoms. The van der Waals surface area contributed by atoms with Gasteiger partial charge >= 0.3 is 0 Å². The molecule has 0 atom stereocenters. The quantitative estimate of drug-likeness (QED) is 0.780. The summed E-state index contributed by atoms with van der Waals surface area (Å²) in [5.74, 6) is -0.868. The van der Waals surface area contributed by atoms with Gasteiger partial charge in [-0.2, -0.15) is 0 Å². The molecule has 0 saturated heterocycles. The number of nitrogens with two attached hydrogens (primary N) is 1. The van der Waals surface area contributed by atoms with Gasteiger partial charge in [0.1, 0.15) is 11.5 Å². The Labute approximate surface area is 120 Å². The van der Waals surface area contributed by atoms with E-state index in [0.29, 0.717) is 11.4 Å². The number of amides is 2. The van der Waals surface area contributed by atoms with E-state index >= 15 is 0 Å². The van der Waals surface area contributed by atoms with Gasteiger partial charge in [0.05, 0.1) is 24.6 Å². The topological polar surface area (TPSA) is 115 Å². The lowest BCUT2D eigenvalue weighted by Crippen LogP contribution is -2.15. The van der Waals surface area contributed by atoms with Crippen molar-refractivity contribution < 1.29 is 19.4 Å². The molecule has 0 bridgehead atoms. The minimum absolute atomic E-state index is 0.125. The molecule has 0 aliphatic heterocycles. The molecule has 1 heterocycles. The molecule has 0 fully saturated rings. The summed E-state index contributed by atoms with van der Waals surface area (Å²) in [6, 6.07) is 5.70. The van der Waals surface area contributed by atoms with Crippen LogP contribution in [0.25, 0.3) is 0 Å². The number of rotatable bonds is 4. The number of carbonyl (C=O) groups excluding carboxylic acids is 2. The number of hydrogen-bond acceptors (Lipinski definition) is 5. The maximum atomic E-state index is 12.1. The molecular weight excluding hydrogens is 274 g/mol. The Balaban J connectivity index is 2.31. The van der Waals surface area contributed by atoms with Gasteiger partial charge in [-0.1, -0.05) is 0 Å². The summed E-state index contributed by atoms with van der Waals surface area (Å²) in [4.78, 5) is 27.0. The van der Waals surface area contributed by atoms with Crippen LogP contribution in [0.3, 0.4) is 0 Å². The SMILES string of the molecule is COc1ccc(C(N)=O)cc1NC(=O)c1cncc(O)c1. The van der Waals surface area contributed by atoms with Crippen molar-refractivity contribution in [3.63, 3.8) is 0 Å². The zero-order valence-corrected chi connectivity index (χ0v) is 11.2. The van der Waals surface area contributed by atoms with E-state index in [4.69, 9.17) is 10.5 Å². The summed E-state index contributed by atoms with van der Waals surface area (Å²) in [6.07, 6.45) is 2.52. The first-order valence-electron chi connectivity index (χ1n) is 5.94. The van der Waals surface area contributed by atoms with E-state index in [1.54, 1.807) is 0 Å². The third-order valence-corrected chi connectivity index (χ3v) is 2.72. The van der Waals surface area contributed by atoms with Crippen LogP contribution in [0.1, 0.15) is 20.7 Å². The van der Waals surface area contributed by atoms with Gasteiger partial charge in [-0.3, -0.25) is 14.6 Å². The number of hydrogen-bond donors (Lipinski definition) is 3. The zero-order valence-electron chi connectivity index (χ0n) is 11.2. The molecular formula is C14H13N3O4. The molecule has 0 radical (unpaired) electrons. The Bertz CT molecular complexity index is 700. The average molecular weight is 287 g/mol. The van der Waals surface area contributed by atoms with Gasteiger partial charge in [0.15, 0.2) is 0 Å². The number of anilines is 1. The summed E-state index contributed by atoms with van der Waals surface area (Å²) in [7, 11) is 1.44. The van der Waals surface area contributed by atoms with Crippen molar-refractivity contribution in [2.45, 2.75) is 0 Å². The van der Waals surface area contributed by atoms with E-state index in [0.717, 1.165) is 0 Å². The van der Waals surface area contributed by atoms with Crippen molar-refractivity contribution in [3.8, 4) is 11.5 Å². The molecule has 7 heteroatoms. The minimum Gasteiger partial charge on any atom is -0.506 e. The highest BCUT2D eigenvalue weighted by molar-refractivity contribution is 6.06. The van der Waals surface area contributed by atoms with Crippen LogP contribution in [0, 0.1) is 0 Å². The van der Waals surface area contributed by atoms with Crippen molar-refractivity contribution in [1.29, 1.82) is 0 Å². The van der Waals surface area contributed by atoms with Crippen molar-refractivity contribution in [2.75, 3.05) is 12.4 Å². The van der Waals surface area contributed by atoms with Crippen LogP contribution in [-0.4, -0.2) is 29.0 Å². The fraction of sp³-hybridized carbons (Fsp3) is 0.0714. The predicted molar refractivity (Wildman–Crippen MR) is 75.4 cm³/mol. The number of methoxy groups -OCH3 is 1. The largest absolute Gasteiger partial charge is 0.506 e. The summed E-state index contributed by atoms with van der Waals surface area (Å²) >= 11 is 0. The molecule has 2 aromatic rings. The normalized spacial score (nSPS) is 9.95. The first-order valence-corrected chi connectivity index (χ1v) is 5.94. The molecule has 108 valence electrons. The Morgan fingerprint density at radius 1 is 1.24 bits per heavy atom. The first-order chi connectivity index (χ1) is 10.0. The van der Waals surface area contributed by atoms with E-state index in [9.17, 15) is 14.7 Å². The summed E-state index contributed by atoms with van der Waals surface area (Å²) in [6.45, 7) is 0. The number of aromatic hydroxyl groups is 1. The monoisotopic (exact) mass is 287 g/mol. The molecule has 0 spiro atoms. The van der Waals surface area contributed by atoms with Gasteiger partial charge in [-0.05, 0) is 24.3 Å². The average Bonchev–Trinajstić information content (AvgIpc) is 2.47. The van der Waals surface area contributed by atoms with E-state index in [1.807, 2.05) is 0 Å². The van der Waals surface area contributed by atoms with E-state index in [1.165, 1.54) is 43.8 Å². The van der Waals surface area contributed by atoms with Gasteiger partial charge < -0.3 is 20.9 Å². The van der Waals surface area contributed by atoms with Crippen LogP contribution in [-0.2, 0) is 0 Å². The third-order valence-electron chi connectivity index (χ3n) is 2.72. The Kier molecular flexibility index (Phi) is 4.03. The number of carbonyl (C=O) groups is 2. The highest BCUT2D eigenvalue weighted by Crippen LogP contribution is 2.26. The van der Waals surface area contributed by atoms with Gasteiger partial charge in [-0.15, -0.1) is 0 Å². The van der Waals surface area contributed by atoms with Crippen LogP contribution >= 0.6 is 0 Å². The van der Waals surface area contributed by atoms with Crippen LogP contribution < -0.4 is 15.8 Å². The number of nitrogens with zero attached hydrogens (tertiary/aromatic N) is 1. The summed E-state index contributed by atoms with van der Waals surface area (Å²) in [5, 5.41) is 11.9. The lowest BCUT2D eigenvalue weighted by molar-refractivity contribution is 0.0996. The summed E-state index contributed by atoms with van der Waals surface area (Å²) < 4.78 is 5.11. The van der Waals surface area contributed by atoms with Crippen molar-refractivity contribution in [2.24, 2.45) is 5.73 Å². The number of primary amides is 1. The number of aromatic nitrogens is 1. The van der Waals surface area contributed by atoms with E-state index in [2.05, 4.69) is 10.3 Å². The van der Waals surface area contributed by atoms with E-state index < -0.39 is 11.8 Å². The van der Waals surface area contributed by atoms with Crippen LogP contribution in [0.2, 0.25) is 0 Å². The lowest BCUT2D eigenvalue weighted by atomic mass is 10.1. The fourth-order valence-corrected chi connectivity index (χ4v) is 1.71. The highest BCUT2D eigenvalue weighted by atomic mass is 16.5. The van der Waals surface area contributed by atoms with Gasteiger partial charge in [0.25, 0.3) is 5.91 Å². The molecule has 4 N–H and O–H groups in total. The van der Waals surface area contributed by atoms with Gasteiger partial charge in [0, 0.05) is 11.8 Å². The second-order valence-electron chi connectivity index (χ2n) is 4.17. The predicted octanol–water partition coefficient (Wildman–Crippen LogP) is 1.15. The second kappa shape index (κ2) is 5.91. The Morgan fingerprint density at radius 2 is 2.00 bits per heavy atom. The standard InChI is InChI=1S/C14H13N3O4/c1-21-12-3-2-8(13(15)19)5-11(12)17-14(20)9-4-10(18)7-16-6-9/h2-7,18H,1H3,(H2,15,19)(H,17,20). The molecule has 7 nitrogen and oxygen atoms in total. The Morgan fingerprint density at radius 3 is 2.62 bits per heavy atom. The molecule has 0 aliphatic rings. The number of pyridine rings is 1. The number of nitrogens with one attached hydrogen (secondary N) is 1. The molecule has 2 rings (SSSR count). The maximum Gasteiger partial charge on any atom is 0.257 e. The molecule has 0 aliphatic carbocycles. The van der Waals surface area contributed by atoms with Crippen molar-refractivity contribution >= 4 is 17.5 Å². The smallest absolute Gasteiger partial charge is 0.257 e. The maximum absolute atomic E-state index is 12.1. The molecule has 2 amide bonds. The number of benzene rings is 1. The number of ether oxygens (including phenoxy) is 1. The van der Waals surface area contributed by atoms with Gasteiger partial charge in [0.2, 0.25) is 5.91 Å².